The number of nitrogens with zero attached hydrogens (tertiary/aromatic N) is 3. The molecule has 7 nitrogen and oxygen atoms in total. The SMILES string of the molecule is CCNC(=NCC(C)(C)CCS(C)(=O)=O)NC1CCN(c2ncccc2Cl)C1.I. The molecule has 1 fully saturated rings. The molecule has 0 aliphatic carbocycles. The molecule has 1 aromatic heterocycles. The van der Waals surface area contributed by atoms with Crippen molar-refractivity contribution in [1.82, 2.24) is 15.6 Å². The van der Waals surface area contributed by atoms with E-state index in [0.29, 0.717) is 18.0 Å². The summed E-state index contributed by atoms with van der Waals surface area (Å²) in [6.45, 7) is 9.13. The van der Waals surface area contributed by atoms with Crippen LogP contribution in [0.2, 0.25) is 5.02 Å². The Balaban J connectivity index is 0.00000420. The minimum Gasteiger partial charge on any atom is -0.357 e. The first-order valence-corrected chi connectivity index (χ1v) is 12.1. The molecule has 0 spiro atoms. The number of aromatic nitrogens is 1. The number of guanidine groups is 1. The molecule has 0 aromatic carbocycles. The Morgan fingerprint density at radius 3 is 2.79 bits per heavy atom. The highest BCUT2D eigenvalue weighted by Crippen LogP contribution is 2.26. The van der Waals surface area contributed by atoms with Gasteiger partial charge in [-0.25, -0.2) is 13.4 Å². The summed E-state index contributed by atoms with van der Waals surface area (Å²) < 4.78 is 22.9. The number of hydrogen-bond donors (Lipinski definition) is 2. The molecule has 1 aliphatic rings. The largest absolute Gasteiger partial charge is 0.357 e. The molecule has 2 rings (SSSR count). The molecule has 0 amide bonds. The Kier molecular flexibility index (Phi) is 10.4. The van der Waals surface area contributed by atoms with Gasteiger partial charge in [-0.15, -0.1) is 24.0 Å². The fraction of sp³-hybridized carbons (Fsp3) is 0.684. The highest BCUT2D eigenvalue weighted by atomic mass is 127. The monoisotopic (exact) mass is 557 g/mol. The fourth-order valence-electron chi connectivity index (χ4n) is 3.03. The third-order valence-corrected chi connectivity index (χ3v) is 5.97. The van der Waals surface area contributed by atoms with Gasteiger partial charge in [0.2, 0.25) is 0 Å². The molecule has 0 bridgehead atoms. The lowest BCUT2D eigenvalue weighted by Crippen LogP contribution is -2.45. The van der Waals surface area contributed by atoms with E-state index in [-0.39, 0.29) is 41.2 Å². The molecule has 1 aliphatic heterocycles. The van der Waals surface area contributed by atoms with E-state index >= 15 is 0 Å². The average molecular weight is 558 g/mol. The van der Waals surface area contributed by atoms with E-state index in [1.54, 1.807) is 6.20 Å². The number of rotatable bonds is 8. The van der Waals surface area contributed by atoms with Crippen molar-refractivity contribution < 1.29 is 8.42 Å². The van der Waals surface area contributed by atoms with Crippen LogP contribution in [0.1, 0.15) is 33.6 Å². The number of halogens is 2. The topological polar surface area (TPSA) is 86.7 Å². The summed E-state index contributed by atoms with van der Waals surface area (Å²) in [5.41, 5.74) is -0.186. The lowest BCUT2D eigenvalue weighted by atomic mass is 9.90. The zero-order valence-corrected chi connectivity index (χ0v) is 21.5. The summed E-state index contributed by atoms with van der Waals surface area (Å²) in [6, 6.07) is 3.93. The van der Waals surface area contributed by atoms with E-state index in [1.807, 2.05) is 32.9 Å². The molecule has 2 heterocycles. The van der Waals surface area contributed by atoms with Crippen molar-refractivity contribution in [3.05, 3.63) is 23.4 Å². The second kappa shape index (κ2) is 11.5. The summed E-state index contributed by atoms with van der Waals surface area (Å²) in [4.78, 5) is 11.3. The van der Waals surface area contributed by atoms with Gasteiger partial charge in [0.25, 0.3) is 0 Å². The minimum atomic E-state index is -2.96. The van der Waals surface area contributed by atoms with Gasteiger partial charge in [0.05, 0.1) is 10.8 Å². The van der Waals surface area contributed by atoms with E-state index < -0.39 is 9.84 Å². The standard InChI is InChI=1S/C19H32ClN5O2S.HI/c1-5-21-18(23-14-19(2,3)9-12-28(4,26)27)24-15-8-11-25(13-15)17-16(20)7-6-10-22-17;/h6-7,10,15H,5,8-9,11-14H2,1-4H3,(H2,21,23,24);1H. The van der Waals surface area contributed by atoms with Crippen LogP contribution in [0.5, 0.6) is 0 Å². The van der Waals surface area contributed by atoms with Crippen molar-refractivity contribution in [3.63, 3.8) is 0 Å². The van der Waals surface area contributed by atoms with E-state index in [0.717, 1.165) is 37.8 Å². The van der Waals surface area contributed by atoms with E-state index in [1.165, 1.54) is 6.26 Å². The molecule has 2 N–H and O–H groups in total. The predicted octanol–water partition coefficient (Wildman–Crippen LogP) is 2.95. The first-order valence-electron chi connectivity index (χ1n) is 9.68. The maximum absolute atomic E-state index is 11.4. The highest BCUT2D eigenvalue weighted by molar-refractivity contribution is 14.0. The minimum absolute atomic E-state index is 0. The normalized spacial score (nSPS) is 17.8. The van der Waals surface area contributed by atoms with Crippen molar-refractivity contribution in [2.75, 3.05) is 43.1 Å². The van der Waals surface area contributed by atoms with Crippen molar-refractivity contribution in [2.45, 2.75) is 39.7 Å². The summed E-state index contributed by atoms with van der Waals surface area (Å²) in [5, 5.41) is 7.43. The number of aliphatic imine (C=N–C) groups is 1. The number of anilines is 1. The molecule has 29 heavy (non-hydrogen) atoms. The maximum atomic E-state index is 11.4. The van der Waals surface area contributed by atoms with E-state index in [4.69, 9.17) is 16.6 Å². The van der Waals surface area contributed by atoms with Crippen LogP contribution >= 0.6 is 35.6 Å². The molecule has 1 aromatic rings. The van der Waals surface area contributed by atoms with Gasteiger partial charge in [0, 0.05) is 44.7 Å². The lowest BCUT2D eigenvalue weighted by Gasteiger charge is -2.24. The highest BCUT2D eigenvalue weighted by Gasteiger charge is 2.26. The number of sulfone groups is 1. The van der Waals surface area contributed by atoms with Crippen molar-refractivity contribution in [3.8, 4) is 0 Å². The maximum Gasteiger partial charge on any atom is 0.191 e. The molecule has 10 heteroatoms. The van der Waals surface area contributed by atoms with Crippen LogP contribution in [0.15, 0.2) is 23.3 Å². The number of hydrogen-bond acceptors (Lipinski definition) is 5. The second-order valence-corrected chi connectivity index (χ2v) is 10.8. The molecular weight excluding hydrogens is 525 g/mol. The Bertz CT molecular complexity index is 789. The second-order valence-electron chi connectivity index (χ2n) is 8.12. The Morgan fingerprint density at radius 1 is 1.45 bits per heavy atom. The molecule has 0 radical (unpaired) electrons. The molecule has 166 valence electrons. The van der Waals surface area contributed by atoms with Gasteiger partial charge < -0.3 is 15.5 Å². The van der Waals surface area contributed by atoms with Crippen molar-refractivity contribution >= 4 is 57.2 Å². The Labute approximate surface area is 197 Å². The average Bonchev–Trinajstić information content (AvgIpc) is 3.06. The quantitative estimate of drug-likeness (QED) is 0.290. The van der Waals surface area contributed by atoms with E-state index in [2.05, 4.69) is 20.5 Å². The van der Waals surface area contributed by atoms with Crippen LogP contribution in [-0.4, -0.2) is 63.6 Å². The first-order chi connectivity index (χ1) is 13.1. The zero-order chi connectivity index (χ0) is 20.8. The zero-order valence-electron chi connectivity index (χ0n) is 17.6. The third kappa shape index (κ3) is 9.25. The van der Waals surface area contributed by atoms with Crippen LogP contribution < -0.4 is 15.5 Å². The van der Waals surface area contributed by atoms with Crippen molar-refractivity contribution in [1.29, 1.82) is 0 Å². The molecule has 1 unspecified atom stereocenters. The lowest BCUT2D eigenvalue weighted by molar-refractivity contribution is 0.365. The van der Waals surface area contributed by atoms with Gasteiger partial charge in [-0.1, -0.05) is 25.4 Å². The van der Waals surface area contributed by atoms with Gasteiger partial charge in [0.1, 0.15) is 15.7 Å². The predicted molar refractivity (Wildman–Crippen MR) is 133 cm³/mol. The molecule has 1 saturated heterocycles. The third-order valence-electron chi connectivity index (χ3n) is 4.73. The molecular formula is C19H33ClIN5O2S. The molecule has 1 atom stereocenters. The van der Waals surface area contributed by atoms with Gasteiger partial charge in [-0.2, -0.15) is 0 Å². The van der Waals surface area contributed by atoms with Gasteiger partial charge in [-0.05, 0) is 37.3 Å². The van der Waals surface area contributed by atoms with E-state index in [9.17, 15) is 8.42 Å². The smallest absolute Gasteiger partial charge is 0.191 e. The first kappa shape index (κ1) is 26.2. The van der Waals surface area contributed by atoms with Gasteiger partial charge >= 0.3 is 0 Å². The summed E-state index contributed by atoms with van der Waals surface area (Å²) in [7, 11) is -2.96. The van der Waals surface area contributed by atoms with Crippen LogP contribution in [-0.2, 0) is 9.84 Å². The van der Waals surface area contributed by atoms with Gasteiger partial charge in [0.15, 0.2) is 5.96 Å². The van der Waals surface area contributed by atoms with Crippen LogP contribution in [0.3, 0.4) is 0 Å². The molecule has 0 saturated carbocycles. The van der Waals surface area contributed by atoms with Gasteiger partial charge in [-0.3, -0.25) is 4.99 Å². The van der Waals surface area contributed by atoms with Crippen LogP contribution in [0.25, 0.3) is 0 Å². The number of pyridine rings is 1. The van der Waals surface area contributed by atoms with Crippen LogP contribution in [0, 0.1) is 5.41 Å². The van der Waals surface area contributed by atoms with Crippen LogP contribution in [0.4, 0.5) is 5.82 Å². The number of nitrogens with one attached hydrogen (secondary N) is 2. The Morgan fingerprint density at radius 2 is 2.17 bits per heavy atom. The summed E-state index contributed by atoms with van der Waals surface area (Å²) in [5.74, 6) is 1.76. The summed E-state index contributed by atoms with van der Waals surface area (Å²) >= 11 is 6.27. The fourth-order valence-corrected chi connectivity index (χ4v) is 4.19. The van der Waals surface area contributed by atoms with Crippen molar-refractivity contribution in [2.24, 2.45) is 10.4 Å². The Hall–Kier alpha value is -0.810. The summed E-state index contributed by atoms with van der Waals surface area (Å²) in [6.07, 6.45) is 4.59.